The molecule has 0 atom stereocenters. The minimum absolute atomic E-state index is 0.0935. The minimum Gasteiger partial charge on any atom is -0.243 e. The van der Waals surface area contributed by atoms with Gasteiger partial charge in [0.1, 0.15) is 28.8 Å². The lowest BCUT2D eigenvalue weighted by atomic mass is 10.1. The molecular formula is C13H2F4N4S. The van der Waals surface area contributed by atoms with Crippen molar-refractivity contribution < 1.29 is 17.6 Å². The van der Waals surface area contributed by atoms with E-state index in [1.165, 1.54) is 0 Å². The largest absolute Gasteiger partial charge is 0.243 e. The molecule has 0 spiro atoms. The lowest BCUT2D eigenvalue weighted by Crippen LogP contribution is -2.13. The fourth-order valence-corrected chi connectivity index (χ4v) is 2.58. The minimum atomic E-state index is -1.82. The van der Waals surface area contributed by atoms with E-state index >= 15 is 0 Å². The average molecular weight is 322 g/mol. The Labute approximate surface area is 125 Å². The molecule has 0 N–H and O–H groups in total. The summed E-state index contributed by atoms with van der Waals surface area (Å²) in [6, 6.07) is 4.13. The van der Waals surface area contributed by atoms with Crippen LogP contribution in [0.25, 0.3) is 0 Å². The molecule has 4 nitrogen and oxygen atoms in total. The van der Waals surface area contributed by atoms with Crippen LogP contribution in [0.5, 0.6) is 0 Å². The summed E-state index contributed by atoms with van der Waals surface area (Å²) in [7, 11) is 0. The molecule has 0 amide bonds. The average Bonchev–Trinajstić information content (AvgIpc) is 2.97. The van der Waals surface area contributed by atoms with Crippen molar-refractivity contribution in [3.05, 3.63) is 45.0 Å². The van der Waals surface area contributed by atoms with Crippen LogP contribution in [-0.2, 0) is 0 Å². The van der Waals surface area contributed by atoms with Crippen molar-refractivity contribution in [2.45, 2.75) is 0 Å². The van der Waals surface area contributed by atoms with Gasteiger partial charge in [0.2, 0.25) is 0 Å². The Morgan fingerprint density at radius 3 is 1.95 bits per heavy atom. The lowest BCUT2D eigenvalue weighted by molar-refractivity contribution is 0.447. The first-order valence-electron chi connectivity index (χ1n) is 5.47. The van der Waals surface area contributed by atoms with E-state index < -0.39 is 34.4 Å². The van der Waals surface area contributed by atoms with Crippen LogP contribution in [-0.4, -0.2) is 11.5 Å². The lowest BCUT2D eigenvalue weighted by Gasteiger charge is -2.07. The monoisotopic (exact) mass is 322 g/mol. The van der Waals surface area contributed by atoms with Gasteiger partial charge in [0.15, 0.2) is 28.8 Å². The van der Waals surface area contributed by atoms with Gasteiger partial charge in [0.25, 0.3) is 0 Å². The third kappa shape index (κ3) is 2.30. The first-order chi connectivity index (χ1) is 10.5. The summed E-state index contributed by atoms with van der Waals surface area (Å²) in [4.78, 5) is 3.68. The predicted molar refractivity (Wildman–Crippen MR) is 68.2 cm³/mol. The third-order valence-corrected chi connectivity index (χ3v) is 3.67. The Hall–Kier alpha value is -2.83. The number of nitriles is 3. The van der Waals surface area contributed by atoms with E-state index in [-0.39, 0.29) is 22.1 Å². The molecule has 0 radical (unpaired) electrons. The van der Waals surface area contributed by atoms with Gasteiger partial charge in [-0.2, -0.15) is 15.8 Å². The molecule has 0 saturated carbocycles. The van der Waals surface area contributed by atoms with Crippen molar-refractivity contribution in [3.8, 4) is 18.2 Å². The third-order valence-electron chi connectivity index (χ3n) is 2.68. The number of halogens is 4. The molecule has 1 heterocycles. The van der Waals surface area contributed by atoms with Crippen molar-refractivity contribution in [2.24, 2.45) is 4.99 Å². The number of hydrogen-bond donors (Lipinski definition) is 0. The van der Waals surface area contributed by atoms with Gasteiger partial charge < -0.3 is 0 Å². The highest BCUT2D eigenvalue weighted by atomic mass is 32.2. The second-order valence-electron chi connectivity index (χ2n) is 3.87. The van der Waals surface area contributed by atoms with Gasteiger partial charge >= 0.3 is 0 Å². The van der Waals surface area contributed by atoms with Crippen molar-refractivity contribution in [1.82, 2.24) is 0 Å². The molecule has 2 rings (SSSR count). The quantitative estimate of drug-likeness (QED) is 0.452. The van der Waals surface area contributed by atoms with Gasteiger partial charge in [0, 0.05) is 5.75 Å². The zero-order chi connectivity index (χ0) is 16.4. The summed E-state index contributed by atoms with van der Waals surface area (Å²) < 4.78 is 54.9. The van der Waals surface area contributed by atoms with Gasteiger partial charge in [-0.15, -0.1) is 0 Å². The number of rotatable bonds is 1. The molecule has 0 unspecified atom stereocenters. The molecule has 0 fully saturated rings. The van der Waals surface area contributed by atoms with Gasteiger partial charge in [-0.3, -0.25) is 0 Å². The molecule has 1 aromatic carbocycles. The molecule has 1 aliphatic rings. The molecular weight excluding hydrogens is 320 g/mol. The molecule has 108 valence electrons. The van der Waals surface area contributed by atoms with Crippen molar-refractivity contribution in [2.75, 3.05) is 5.75 Å². The number of thioether (sulfide) groups is 1. The maximum absolute atomic E-state index is 13.9. The van der Waals surface area contributed by atoms with E-state index in [1.54, 1.807) is 12.1 Å². The van der Waals surface area contributed by atoms with Gasteiger partial charge in [-0.05, 0) is 0 Å². The Morgan fingerprint density at radius 2 is 1.50 bits per heavy atom. The molecule has 0 saturated heterocycles. The molecule has 0 aromatic heterocycles. The van der Waals surface area contributed by atoms with E-state index in [4.69, 9.17) is 15.8 Å². The van der Waals surface area contributed by atoms with E-state index in [2.05, 4.69) is 4.99 Å². The highest BCUT2D eigenvalue weighted by Crippen LogP contribution is 2.33. The van der Waals surface area contributed by atoms with E-state index in [0.29, 0.717) is 0 Å². The van der Waals surface area contributed by atoms with Crippen LogP contribution in [0.2, 0.25) is 0 Å². The number of hydrogen-bond acceptors (Lipinski definition) is 5. The second-order valence-corrected chi connectivity index (χ2v) is 4.83. The Balaban J connectivity index is 2.70. The number of aliphatic imine (C=N–C) groups is 1. The smallest absolute Gasteiger partial charge is 0.180 e. The first-order valence-corrected chi connectivity index (χ1v) is 6.46. The summed E-state index contributed by atoms with van der Waals surface area (Å²) in [6.07, 6.45) is 0. The Kier molecular flexibility index (Phi) is 4.16. The van der Waals surface area contributed by atoms with Crippen molar-refractivity contribution in [1.29, 1.82) is 15.8 Å². The summed E-state index contributed by atoms with van der Waals surface area (Å²) >= 11 is 0.829. The summed E-state index contributed by atoms with van der Waals surface area (Å²) in [5.41, 5.74) is -3.15. The van der Waals surface area contributed by atoms with E-state index in [0.717, 1.165) is 17.8 Å². The summed E-state index contributed by atoms with van der Waals surface area (Å²) in [5, 5.41) is 25.8. The normalized spacial score (nSPS) is 13.1. The van der Waals surface area contributed by atoms with Crippen LogP contribution in [0.4, 0.5) is 17.6 Å². The summed E-state index contributed by atoms with van der Waals surface area (Å²) in [5.74, 6) is -7.30. The highest BCUT2D eigenvalue weighted by molar-refractivity contribution is 8.04. The standard InChI is InChI=1S/C13H2F4N4S/c14-9-6(3-20)10(15)12(17)8(11(9)16)7-4-22-13(21-7)5(1-18)2-19/h4H2. The molecule has 0 aliphatic carbocycles. The first kappa shape index (κ1) is 15.6. The Morgan fingerprint density at radius 1 is 0.955 bits per heavy atom. The second kappa shape index (κ2) is 5.88. The van der Waals surface area contributed by atoms with Crippen molar-refractivity contribution >= 4 is 17.5 Å². The molecule has 9 heteroatoms. The van der Waals surface area contributed by atoms with Crippen LogP contribution >= 0.6 is 11.8 Å². The van der Waals surface area contributed by atoms with Gasteiger partial charge in [0.05, 0.1) is 11.3 Å². The van der Waals surface area contributed by atoms with Crippen LogP contribution < -0.4 is 0 Å². The van der Waals surface area contributed by atoms with Gasteiger partial charge in [-0.25, -0.2) is 22.6 Å². The topological polar surface area (TPSA) is 83.7 Å². The zero-order valence-electron chi connectivity index (χ0n) is 10.4. The fourth-order valence-electron chi connectivity index (χ4n) is 1.68. The maximum atomic E-state index is 13.9. The SMILES string of the molecule is N#CC(C#N)=C1N=C(c2c(F)c(F)c(C#N)c(F)c2F)CS1. The molecule has 1 aromatic rings. The number of benzene rings is 1. The number of nitrogens with zero attached hydrogens (tertiary/aromatic N) is 4. The zero-order valence-corrected chi connectivity index (χ0v) is 11.2. The molecule has 22 heavy (non-hydrogen) atoms. The van der Waals surface area contributed by atoms with Gasteiger partial charge in [-0.1, -0.05) is 11.8 Å². The van der Waals surface area contributed by atoms with Crippen LogP contribution in [0.15, 0.2) is 15.6 Å². The fraction of sp³-hybridized carbons (Fsp3) is 0.0769. The van der Waals surface area contributed by atoms with Crippen LogP contribution in [0.3, 0.4) is 0 Å². The molecule has 1 aliphatic heterocycles. The molecule has 0 bridgehead atoms. The van der Waals surface area contributed by atoms with Crippen molar-refractivity contribution in [3.63, 3.8) is 0 Å². The van der Waals surface area contributed by atoms with E-state index in [1.807, 2.05) is 0 Å². The highest BCUT2D eigenvalue weighted by Gasteiger charge is 2.30. The van der Waals surface area contributed by atoms with Crippen LogP contribution in [0.1, 0.15) is 11.1 Å². The Bertz CT molecular complexity index is 823. The number of allylic oxidation sites excluding steroid dienone is 1. The van der Waals surface area contributed by atoms with E-state index in [9.17, 15) is 17.6 Å². The predicted octanol–water partition coefficient (Wildman–Crippen LogP) is 2.91. The van der Waals surface area contributed by atoms with Crippen LogP contribution in [0, 0.1) is 57.3 Å². The summed E-state index contributed by atoms with van der Waals surface area (Å²) in [6.45, 7) is 0. The maximum Gasteiger partial charge on any atom is 0.180 e.